The zero-order valence-electron chi connectivity index (χ0n) is 12.0. The standard InChI is InChI=1S/C14H15ClN2O4S/c1-9-7-13(17-21-9)16-14(18)10(2)22(19,20)8-11-5-3-4-6-12(11)15/h3-7,10H,8H2,1-2H3,(H,16,17,18). The Balaban J connectivity index is 2.11. The van der Waals surface area contributed by atoms with E-state index in [1.807, 2.05) is 0 Å². The largest absolute Gasteiger partial charge is 0.360 e. The molecule has 8 heteroatoms. The Morgan fingerprint density at radius 3 is 2.68 bits per heavy atom. The summed E-state index contributed by atoms with van der Waals surface area (Å²) < 4.78 is 29.5. The second kappa shape index (κ2) is 6.50. The van der Waals surface area contributed by atoms with E-state index in [1.54, 1.807) is 31.2 Å². The lowest BCUT2D eigenvalue weighted by atomic mass is 10.2. The van der Waals surface area contributed by atoms with E-state index in [0.29, 0.717) is 16.3 Å². The smallest absolute Gasteiger partial charge is 0.243 e. The monoisotopic (exact) mass is 342 g/mol. The van der Waals surface area contributed by atoms with Gasteiger partial charge >= 0.3 is 0 Å². The number of aryl methyl sites for hydroxylation is 1. The number of benzene rings is 1. The molecule has 0 saturated carbocycles. The molecule has 2 aromatic rings. The molecule has 1 N–H and O–H groups in total. The third-order valence-electron chi connectivity index (χ3n) is 3.10. The van der Waals surface area contributed by atoms with Crippen molar-refractivity contribution in [2.24, 2.45) is 0 Å². The first-order valence-corrected chi connectivity index (χ1v) is 8.58. The van der Waals surface area contributed by atoms with Crippen LogP contribution in [0, 0.1) is 6.92 Å². The number of nitrogens with zero attached hydrogens (tertiary/aromatic N) is 1. The molecule has 1 heterocycles. The van der Waals surface area contributed by atoms with E-state index >= 15 is 0 Å². The van der Waals surface area contributed by atoms with Crippen molar-refractivity contribution in [3.05, 3.63) is 46.7 Å². The highest BCUT2D eigenvalue weighted by molar-refractivity contribution is 7.92. The lowest BCUT2D eigenvalue weighted by Crippen LogP contribution is -2.33. The highest BCUT2D eigenvalue weighted by Gasteiger charge is 2.29. The maximum absolute atomic E-state index is 12.3. The summed E-state index contributed by atoms with van der Waals surface area (Å²) >= 11 is 5.96. The summed E-state index contributed by atoms with van der Waals surface area (Å²) in [4.78, 5) is 12.0. The van der Waals surface area contributed by atoms with Gasteiger partial charge in [0.25, 0.3) is 0 Å². The second-order valence-corrected chi connectivity index (χ2v) is 7.58. The van der Waals surface area contributed by atoms with Crippen molar-refractivity contribution in [1.82, 2.24) is 5.16 Å². The van der Waals surface area contributed by atoms with Crippen LogP contribution in [0.4, 0.5) is 5.82 Å². The highest BCUT2D eigenvalue weighted by Crippen LogP contribution is 2.20. The van der Waals surface area contributed by atoms with Crippen LogP contribution in [-0.4, -0.2) is 24.7 Å². The number of hydrogen-bond acceptors (Lipinski definition) is 5. The fraction of sp³-hybridized carbons (Fsp3) is 0.286. The first kappa shape index (κ1) is 16.5. The van der Waals surface area contributed by atoms with Crippen LogP contribution in [0.15, 0.2) is 34.9 Å². The van der Waals surface area contributed by atoms with Crippen LogP contribution in [0.25, 0.3) is 0 Å². The minimum Gasteiger partial charge on any atom is -0.360 e. The molecule has 0 fully saturated rings. The molecule has 0 spiro atoms. The maximum atomic E-state index is 12.3. The average Bonchev–Trinajstić information content (AvgIpc) is 2.85. The molecule has 0 radical (unpaired) electrons. The van der Waals surface area contributed by atoms with Gasteiger partial charge in [-0.05, 0) is 25.5 Å². The zero-order valence-corrected chi connectivity index (χ0v) is 13.6. The number of carbonyl (C=O) groups excluding carboxylic acids is 1. The SMILES string of the molecule is Cc1cc(NC(=O)C(C)S(=O)(=O)Cc2ccccc2Cl)no1. The molecule has 0 aliphatic carbocycles. The molecule has 1 unspecified atom stereocenters. The molecule has 22 heavy (non-hydrogen) atoms. The number of anilines is 1. The number of aromatic nitrogens is 1. The number of hydrogen-bond donors (Lipinski definition) is 1. The number of rotatable bonds is 5. The molecule has 0 aliphatic heterocycles. The summed E-state index contributed by atoms with van der Waals surface area (Å²) in [5.74, 6) is -0.274. The van der Waals surface area contributed by atoms with Crippen LogP contribution >= 0.6 is 11.6 Å². The molecular weight excluding hydrogens is 328 g/mol. The molecule has 2 rings (SSSR count). The first-order valence-electron chi connectivity index (χ1n) is 6.49. The molecule has 0 bridgehead atoms. The lowest BCUT2D eigenvalue weighted by molar-refractivity contribution is -0.115. The van der Waals surface area contributed by atoms with Crippen LogP contribution in [0.1, 0.15) is 18.2 Å². The molecule has 1 atom stereocenters. The van der Waals surface area contributed by atoms with Gasteiger partial charge < -0.3 is 9.84 Å². The number of halogens is 1. The molecule has 6 nitrogen and oxygen atoms in total. The van der Waals surface area contributed by atoms with Gasteiger partial charge in [0.1, 0.15) is 11.0 Å². The molecule has 0 aliphatic rings. The van der Waals surface area contributed by atoms with Gasteiger partial charge in [0.05, 0.1) is 5.75 Å². The topological polar surface area (TPSA) is 89.3 Å². The second-order valence-electron chi connectivity index (χ2n) is 4.85. The normalized spacial score (nSPS) is 12.9. The maximum Gasteiger partial charge on any atom is 0.243 e. The Kier molecular flexibility index (Phi) is 4.87. The van der Waals surface area contributed by atoms with Crippen LogP contribution in [0.5, 0.6) is 0 Å². The van der Waals surface area contributed by atoms with Gasteiger partial charge in [-0.15, -0.1) is 0 Å². The van der Waals surface area contributed by atoms with Gasteiger partial charge in [0.2, 0.25) is 5.91 Å². The van der Waals surface area contributed by atoms with E-state index in [1.165, 1.54) is 13.0 Å². The highest BCUT2D eigenvalue weighted by atomic mass is 35.5. The van der Waals surface area contributed by atoms with Gasteiger partial charge in [-0.1, -0.05) is 35.0 Å². The van der Waals surface area contributed by atoms with Gasteiger partial charge in [0, 0.05) is 11.1 Å². The summed E-state index contributed by atoms with van der Waals surface area (Å²) in [6.07, 6.45) is 0. The first-order chi connectivity index (χ1) is 10.3. The van der Waals surface area contributed by atoms with E-state index in [2.05, 4.69) is 10.5 Å². The van der Waals surface area contributed by atoms with E-state index in [-0.39, 0.29) is 11.6 Å². The summed E-state index contributed by atoms with van der Waals surface area (Å²) in [5.41, 5.74) is 0.459. The number of nitrogens with one attached hydrogen (secondary N) is 1. The molecule has 1 amide bonds. The van der Waals surface area contributed by atoms with Crippen molar-refractivity contribution in [3.63, 3.8) is 0 Å². The Hall–Kier alpha value is -1.86. The molecule has 1 aromatic carbocycles. The zero-order chi connectivity index (χ0) is 16.3. The summed E-state index contributed by atoms with van der Waals surface area (Å²) in [6, 6.07) is 8.13. The fourth-order valence-electron chi connectivity index (χ4n) is 1.77. The van der Waals surface area contributed by atoms with Gasteiger partial charge in [-0.25, -0.2) is 8.42 Å². The minimum absolute atomic E-state index is 0.183. The summed E-state index contributed by atoms with van der Waals surface area (Å²) in [5, 5.41) is 5.13. The van der Waals surface area contributed by atoms with Crippen molar-refractivity contribution in [2.45, 2.75) is 24.9 Å². The predicted molar refractivity (Wildman–Crippen MR) is 83.4 cm³/mol. The van der Waals surface area contributed by atoms with E-state index in [0.717, 1.165) is 0 Å². The minimum atomic E-state index is -3.70. The van der Waals surface area contributed by atoms with Crippen LogP contribution in [0.2, 0.25) is 5.02 Å². The molecule has 118 valence electrons. The Bertz CT molecular complexity index is 786. The number of sulfone groups is 1. The Labute approximate surface area is 133 Å². The van der Waals surface area contributed by atoms with Gasteiger partial charge in [-0.2, -0.15) is 0 Å². The number of amides is 1. The molecular formula is C14H15ClN2O4S. The van der Waals surface area contributed by atoms with Crippen LogP contribution in [-0.2, 0) is 20.4 Å². The average molecular weight is 343 g/mol. The third kappa shape index (κ3) is 3.86. The van der Waals surface area contributed by atoms with Crippen LogP contribution < -0.4 is 5.32 Å². The quantitative estimate of drug-likeness (QED) is 0.902. The van der Waals surface area contributed by atoms with E-state index in [4.69, 9.17) is 16.1 Å². The Morgan fingerprint density at radius 2 is 2.09 bits per heavy atom. The van der Waals surface area contributed by atoms with Crippen molar-refractivity contribution >= 4 is 33.2 Å². The number of carbonyl (C=O) groups is 1. The van der Waals surface area contributed by atoms with Crippen molar-refractivity contribution < 1.29 is 17.7 Å². The lowest BCUT2D eigenvalue weighted by Gasteiger charge is -2.12. The molecule has 1 aromatic heterocycles. The van der Waals surface area contributed by atoms with E-state index in [9.17, 15) is 13.2 Å². The van der Waals surface area contributed by atoms with E-state index < -0.39 is 21.0 Å². The Morgan fingerprint density at radius 1 is 1.41 bits per heavy atom. The third-order valence-corrected chi connectivity index (χ3v) is 5.48. The van der Waals surface area contributed by atoms with Crippen LogP contribution in [0.3, 0.4) is 0 Å². The van der Waals surface area contributed by atoms with Gasteiger partial charge in [0.15, 0.2) is 15.7 Å². The summed E-state index contributed by atoms with van der Waals surface area (Å²) in [6.45, 7) is 2.99. The predicted octanol–water partition coefficient (Wildman–Crippen LogP) is 2.58. The van der Waals surface area contributed by atoms with Crippen molar-refractivity contribution in [2.75, 3.05) is 5.32 Å². The summed E-state index contributed by atoms with van der Waals surface area (Å²) in [7, 11) is -3.70. The molecule has 0 saturated heterocycles. The fourth-order valence-corrected chi connectivity index (χ4v) is 3.38. The van der Waals surface area contributed by atoms with Crippen molar-refractivity contribution in [1.29, 1.82) is 0 Å². The van der Waals surface area contributed by atoms with Gasteiger partial charge in [-0.3, -0.25) is 4.79 Å². The van der Waals surface area contributed by atoms with Crippen molar-refractivity contribution in [3.8, 4) is 0 Å².